The van der Waals surface area contributed by atoms with E-state index in [1.165, 1.54) is 19.5 Å². The van der Waals surface area contributed by atoms with E-state index in [-0.39, 0.29) is 12.0 Å². The number of carbonyl (C=O) groups is 1. The molecular formula is C17H18N2O2S2. The summed E-state index contributed by atoms with van der Waals surface area (Å²) in [7, 11) is 2.08. The third-order valence-electron chi connectivity index (χ3n) is 4.11. The first-order valence-corrected chi connectivity index (χ1v) is 9.33. The molecule has 3 aromatic rings. The normalized spacial score (nSPS) is 19.4. The molecule has 3 heterocycles. The molecule has 1 fully saturated rings. The van der Waals surface area contributed by atoms with Crippen LogP contribution in [0.15, 0.2) is 30.3 Å². The molecule has 4 rings (SSSR count). The lowest BCUT2D eigenvalue weighted by atomic mass is 10.2. The van der Waals surface area contributed by atoms with Gasteiger partial charge in [-0.3, -0.25) is 4.79 Å². The van der Waals surface area contributed by atoms with E-state index in [1.54, 1.807) is 22.7 Å². The van der Waals surface area contributed by atoms with Crippen molar-refractivity contribution < 1.29 is 9.53 Å². The fourth-order valence-corrected chi connectivity index (χ4v) is 5.34. The van der Waals surface area contributed by atoms with E-state index in [0.717, 1.165) is 24.6 Å². The maximum absolute atomic E-state index is 12.4. The summed E-state index contributed by atoms with van der Waals surface area (Å²) in [6.45, 7) is 3.12. The summed E-state index contributed by atoms with van der Waals surface area (Å²) in [5, 5.41) is 4.26. The van der Waals surface area contributed by atoms with Crippen LogP contribution in [0, 0.1) is 0 Å². The SMILES string of the molecule is CN1CCOC(CNC(=O)c2cc3sc4ccccc4c3s2)C1. The van der Waals surface area contributed by atoms with Gasteiger partial charge in [0.1, 0.15) is 0 Å². The average molecular weight is 346 g/mol. The highest BCUT2D eigenvalue weighted by atomic mass is 32.1. The number of nitrogens with one attached hydrogen (secondary N) is 1. The molecule has 0 bridgehead atoms. The minimum Gasteiger partial charge on any atom is -0.374 e. The summed E-state index contributed by atoms with van der Waals surface area (Å²) in [6, 6.07) is 10.4. The molecule has 1 aromatic carbocycles. The number of nitrogens with zero attached hydrogens (tertiary/aromatic N) is 1. The lowest BCUT2D eigenvalue weighted by Gasteiger charge is -2.30. The smallest absolute Gasteiger partial charge is 0.261 e. The molecule has 0 radical (unpaired) electrons. The van der Waals surface area contributed by atoms with Gasteiger partial charge < -0.3 is 15.0 Å². The van der Waals surface area contributed by atoms with Crippen LogP contribution < -0.4 is 5.32 Å². The van der Waals surface area contributed by atoms with Crippen LogP contribution in [0.1, 0.15) is 9.67 Å². The monoisotopic (exact) mass is 346 g/mol. The fourth-order valence-electron chi connectivity index (χ4n) is 2.90. The number of thiophene rings is 2. The molecular weight excluding hydrogens is 328 g/mol. The zero-order valence-electron chi connectivity index (χ0n) is 12.9. The largest absolute Gasteiger partial charge is 0.374 e. The summed E-state index contributed by atoms with van der Waals surface area (Å²) < 4.78 is 9.36. The Bertz CT molecular complexity index is 855. The third-order valence-corrected chi connectivity index (χ3v) is 6.52. The zero-order chi connectivity index (χ0) is 15.8. The Balaban J connectivity index is 1.48. The van der Waals surface area contributed by atoms with Gasteiger partial charge >= 0.3 is 0 Å². The molecule has 120 valence electrons. The number of likely N-dealkylation sites (N-methyl/N-ethyl adjacent to an activating group) is 1. The first kappa shape index (κ1) is 15.1. The predicted octanol–water partition coefficient (Wildman–Crippen LogP) is 3.18. The Morgan fingerprint density at radius 2 is 2.22 bits per heavy atom. The molecule has 0 spiro atoms. The Morgan fingerprint density at radius 3 is 3.09 bits per heavy atom. The first-order valence-electron chi connectivity index (χ1n) is 7.70. The summed E-state index contributed by atoms with van der Waals surface area (Å²) in [5.74, 6) is -0.000641. The van der Waals surface area contributed by atoms with E-state index in [4.69, 9.17) is 4.74 Å². The van der Waals surface area contributed by atoms with Gasteiger partial charge in [-0.1, -0.05) is 18.2 Å². The predicted molar refractivity (Wildman–Crippen MR) is 96.8 cm³/mol. The van der Waals surface area contributed by atoms with Crippen LogP contribution in [0.3, 0.4) is 0 Å². The van der Waals surface area contributed by atoms with Crippen LogP contribution in [0.4, 0.5) is 0 Å². The standard InChI is InChI=1S/C17H18N2O2S2/c1-19-6-7-21-11(10-19)9-18-17(20)15-8-14-16(23-15)12-4-2-3-5-13(12)22-14/h2-5,8,11H,6-7,9-10H2,1H3,(H,18,20). The maximum Gasteiger partial charge on any atom is 0.261 e. The van der Waals surface area contributed by atoms with Crippen molar-refractivity contribution in [3.8, 4) is 0 Å². The number of hydrogen-bond acceptors (Lipinski definition) is 5. The Labute approximate surface area is 142 Å². The van der Waals surface area contributed by atoms with Gasteiger partial charge in [-0.15, -0.1) is 22.7 Å². The maximum atomic E-state index is 12.4. The van der Waals surface area contributed by atoms with Crippen molar-refractivity contribution >= 4 is 48.1 Å². The molecule has 1 amide bonds. The number of fused-ring (bicyclic) bond motifs is 3. The van der Waals surface area contributed by atoms with Crippen molar-refractivity contribution in [1.29, 1.82) is 0 Å². The molecule has 1 unspecified atom stereocenters. The number of amides is 1. The first-order chi connectivity index (χ1) is 11.2. The molecule has 1 aliphatic rings. The molecule has 1 aliphatic heterocycles. The van der Waals surface area contributed by atoms with Crippen LogP contribution in [-0.2, 0) is 4.74 Å². The number of carbonyl (C=O) groups excluding carboxylic acids is 1. The summed E-state index contributed by atoms with van der Waals surface area (Å²) in [5.41, 5.74) is 0. The van der Waals surface area contributed by atoms with E-state index in [2.05, 4.69) is 35.5 Å². The highest BCUT2D eigenvalue weighted by Gasteiger charge is 2.19. The highest BCUT2D eigenvalue weighted by molar-refractivity contribution is 7.33. The second-order valence-corrected chi connectivity index (χ2v) is 8.00. The van der Waals surface area contributed by atoms with Gasteiger partial charge in [0.25, 0.3) is 5.91 Å². The average Bonchev–Trinajstić information content (AvgIpc) is 3.10. The number of morpholine rings is 1. The Morgan fingerprint density at radius 1 is 1.35 bits per heavy atom. The van der Waals surface area contributed by atoms with Crippen LogP contribution in [-0.4, -0.2) is 50.2 Å². The van der Waals surface area contributed by atoms with E-state index in [9.17, 15) is 4.79 Å². The minimum atomic E-state index is -0.000641. The lowest BCUT2D eigenvalue weighted by molar-refractivity contribution is -0.0174. The van der Waals surface area contributed by atoms with Gasteiger partial charge in [-0.05, 0) is 19.2 Å². The molecule has 1 N–H and O–H groups in total. The molecule has 1 saturated heterocycles. The third kappa shape index (κ3) is 2.99. The van der Waals surface area contributed by atoms with Gasteiger partial charge in [-0.2, -0.15) is 0 Å². The quantitative estimate of drug-likeness (QED) is 0.792. The second-order valence-electron chi connectivity index (χ2n) is 5.87. The summed E-state index contributed by atoms with van der Waals surface area (Å²) >= 11 is 3.32. The Hall–Kier alpha value is -1.47. The van der Waals surface area contributed by atoms with E-state index in [0.29, 0.717) is 6.54 Å². The molecule has 23 heavy (non-hydrogen) atoms. The summed E-state index contributed by atoms with van der Waals surface area (Å²) in [6.07, 6.45) is 0.0830. The summed E-state index contributed by atoms with van der Waals surface area (Å²) in [4.78, 5) is 15.4. The lowest BCUT2D eigenvalue weighted by Crippen LogP contribution is -2.45. The van der Waals surface area contributed by atoms with Crippen LogP contribution in [0.2, 0.25) is 0 Å². The highest BCUT2D eigenvalue weighted by Crippen LogP contribution is 2.39. The fraction of sp³-hybridized carbons (Fsp3) is 0.353. The minimum absolute atomic E-state index is 0.000641. The van der Waals surface area contributed by atoms with E-state index in [1.807, 2.05) is 12.1 Å². The number of rotatable bonds is 3. The van der Waals surface area contributed by atoms with Crippen LogP contribution in [0.25, 0.3) is 19.5 Å². The Kier molecular flexibility index (Phi) is 4.07. The van der Waals surface area contributed by atoms with Gasteiger partial charge in [-0.25, -0.2) is 0 Å². The molecule has 2 aromatic heterocycles. The zero-order valence-corrected chi connectivity index (χ0v) is 14.5. The second kappa shape index (κ2) is 6.20. The van der Waals surface area contributed by atoms with Crippen molar-refractivity contribution in [2.45, 2.75) is 6.10 Å². The van der Waals surface area contributed by atoms with Gasteiger partial charge in [0.05, 0.1) is 22.3 Å². The van der Waals surface area contributed by atoms with Gasteiger partial charge in [0.15, 0.2) is 0 Å². The van der Waals surface area contributed by atoms with Crippen molar-refractivity contribution in [3.63, 3.8) is 0 Å². The van der Waals surface area contributed by atoms with Gasteiger partial charge in [0.2, 0.25) is 0 Å². The molecule has 0 saturated carbocycles. The van der Waals surface area contributed by atoms with Crippen molar-refractivity contribution in [1.82, 2.24) is 10.2 Å². The van der Waals surface area contributed by atoms with Crippen molar-refractivity contribution in [2.24, 2.45) is 0 Å². The number of hydrogen-bond donors (Lipinski definition) is 1. The van der Waals surface area contributed by atoms with Crippen LogP contribution >= 0.6 is 22.7 Å². The molecule has 1 atom stereocenters. The number of ether oxygens (including phenoxy) is 1. The number of benzene rings is 1. The van der Waals surface area contributed by atoms with Crippen molar-refractivity contribution in [3.05, 3.63) is 35.2 Å². The van der Waals surface area contributed by atoms with E-state index < -0.39 is 0 Å². The van der Waals surface area contributed by atoms with E-state index >= 15 is 0 Å². The van der Waals surface area contributed by atoms with Crippen molar-refractivity contribution in [2.75, 3.05) is 33.3 Å². The molecule has 6 heteroatoms. The topological polar surface area (TPSA) is 41.6 Å². The molecule has 0 aliphatic carbocycles. The molecule has 4 nitrogen and oxygen atoms in total. The van der Waals surface area contributed by atoms with Crippen LogP contribution in [0.5, 0.6) is 0 Å². The van der Waals surface area contributed by atoms with Gasteiger partial charge in [0, 0.05) is 34.4 Å².